The van der Waals surface area contributed by atoms with E-state index in [1.807, 2.05) is 16.7 Å². The quantitative estimate of drug-likeness (QED) is 0.427. The van der Waals surface area contributed by atoms with Gasteiger partial charge in [-0.1, -0.05) is 83.1 Å². The van der Waals surface area contributed by atoms with E-state index in [1.54, 1.807) is 0 Å². The first kappa shape index (κ1) is 19.8. The number of fused-ring (bicyclic) bond motifs is 4. The highest BCUT2D eigenvalue weighted by atomic mass is 14.6. The zero-order valence-electron chi connectivity index (χ0n) is 18.9. The van der Waals surface area contributed by atoms with Crippen LogP contribution in [-0.4, -0.2) is 0 Å². The van der Waals surface area contributed by atoms with Crippen LogP contribution in [0.15, 0.2) is 22.8 Å². The molecule has 2 fully saturated rings. The van der Waals surface area contributed by atoms with Crippen LogP contribution in [0, 0.1) is 34.5 Å². The summed E-state index contributed by atoms with van der Waals surface area (Å²) in [5, 5.41) is 0. The molecule has 0 spiro atoms. The summed E-state index contributed by atoms with van der Waals surface area (Å²) < 4.78 is 0. The topological polar surface area (TPSA) is 0 Å². The lowest BCUT2D eigenvalue weighted by Gasteiger charge is -2.51. The molecule has 0 amide bonds. The van der Waals surface area contributed by atoms with Gasteiger partial charge in [0, 0.05) is 5.41 Å². The third kappa shape index (κ3) is 3.28. The van der Waals surface area contributed by atoms with Crippen molar-refractivity contribution in [2.45, 2.75) is 112 Å². The molecule has 27 heavy (non-hydrogen) atoms. The Kier molecular flexibility index (Phi) is 5.41. The highest BCUT2D eigenvalue weighted by molar-refractivity contribution is 5.43. The summed E-state index contributed by atoms with van der Waals surface area (Å²) in [6, 6.07) is 0. The summed E-state index contributed by atoms with van der Waals surface area (Å²) in [5.74, 6) is 3.65. The smallest absolute Gasteiger partial charge is 0.00952 e. The second-order valence-electron chi connectivity index (χ2n) is 11.5. The fraction of sp³-hybridized carbons (Fsp3) is 0.852. The maximum Gasteiger partial charge on any atom is 0.00952 e. The van der Waals surface area contributed by atoms with E-state index in [9.17, 15) is 0 Å². The lowest BCUT2D eigenvalue weighted by atomic mass is 9.53. The van der Waals surface area contributed by atoms with Crippen molar-refractivity contribution >= 4 is 0 Å². The standard InChI is InChI=1S/C27H44/c1-19(2)9-8-10-20(3)23-14-15-24-22-13-12-21-11-6-7-17-26(21,4)25(22)16-18-27(23,24)5/h12,19-20,23-24H,6-11,13-18H2,1-5H3. The monoisotopic (exact) mass is 368 g/mol. The molecular weight excluding hydrogens is 324 g/mol. The molecule has 0 heterocycles. The van der Waals surface area contributed by atoms with Gasteiger partial charge in [-0.05, 0) is 80.5 Å². The van der Waals surface area contributed by atoms with Crippen LogP contribution < -0.4 is 0 Å². The SMILES string of the molecule is CC(C)CCCC(C)C1CCC2C3=C(CCC21C)C1(C)CCCCC1=CC3. The van der Waals surface area contributed by atoms with E-state index in [1.165, 1.54) is 77.0 Å². The lowest BCUT2D eigenvalue weighted by Crippen LogP contribution is -2.40. The fourth-order valence-corrected chi connectivity index (χ4v) is 7.98. The molecule has 152 valence electrons. The molecule has 5 atom stereocenters. The first-order valence-corrected chi connectivity index (χ1v) is 12.3. The predicted octanol–water partition coefficient (Wildman–Crippen LogP) is 8.48. The largest absolute Gasteiger partial charge is 0.0804 e. The van der Waals surface area contributed by atoms with E-state index >= 15 is 0 Å². The van der Waals surface area contributed by atoms with E-state index in [0.717, 1.165) is 23.7 Å². The predicted molar refractivity (Wildman–Crippen MR) is 118 cm³/mol. The molecule has 0 aromatic rings. The van der Waals surface area contributed by atoms with Crippen molar-refractivity contribution < 1.29 is 0 Å². The first-order valence-electron chi connectivity index (χ1n) is 12.3. The zero-order chi connectivity index (χ0) is 19.2. The normalized spacial score (nSPS) is 39.7. The van der Waals surface area contributed by atoms with Gasteiger partial charge in [0.25, 0.3) is 0 Å². The Balaban J connectivity index is 1.53. The average Bonchev–Trinajstić information content (AvgIpc) is 2.98. The number of hydrogen-bond donors (Lipinski definition) is 0. The second kappa shape index (κ2) is 7.38. The van der Waals surface area contributed by atoms with Crippen LogP contribution in [0.5, 0.6) is 0 Å². The van der Waals surface area contributed by atoms with E-state index in [2.05, 4.69) is 40.7 Å². The second-order valence-corrected chi connectivity index (χ2v) is 11.5. The van der Waals surface area contributed by atoms with Crippen LogP contribution in [0.2, 0.25) is 0 Å². The van der Waals surface area contributed by atoms with Gasteiger partial charge in [0.05, 0.1) is 0 Å². The molecule has 0 radical (unpaired) electrons. The fourth-order valence-electron chi connectivity index (χ4n) is 7.98. The van der Waals surface area contributed by atoms with Crippen LogP contribution in [-0.2, 0) is 0 Å². The lowest BCUT2D eigenvalue weighted by molar-refractivity contribution is 0.0954. The van der Waals surface area contributed by atoms with Crippen LogP contribution in [0.3, 0.4) is 0 Å². The third-order valence-electron chi connectivity index (χ3n) is 9.58. The van der Waals surface area contributed by atoms with Crippen LogP contribution in [0.4, 0.5) is 0 Å². The van der Waals surface area contributed by atoms with Gasteiger partial charge in [0.15, 0.2) is 0 Å². The Morgan fingerprint density at radius 3 is 2.59 bits per heavy atom. The molecule has 0 saturated heterocycles. The third-order valence-corrected chi connectivity index (χ3v) is 9.58. The molecule has 4 aliphatic rings. The summed E-state index contributed by atoms with van der Waals surface area (Å²) >= 11 is 0. The molecule has 0 nitrogen and oxygen atoms in total. The summed E-state index contributed by atoms with van der Waals surface area (Å²) in [4.78, 5) is 0. The minimum Gasteiger partial charge on any atom is -0.0804 e. The van der Waals surface area contributed by atoms with Crippen LogP contribution in [0.25, 0.3) is 0 Å². The van der Waals surface area contributed by atoms with Crippen molar-refractivity contribution in [3.8, 4) is 0 Å². The molecular formula is C27H44. The van der Waals surface area contributed by atoms with Gasteiger partial charge in [-0.15, -0.1) is 0 Å². The summed E-state index contributed by atoms with van der Waals surface area (Å²) in [7, 11) is 0. The van der Waals surface area contributed by atoms with E-state index in [4.69, 9.17) is 0 Å². The maximum atomic E-state index is 2.69. The van der Waals surface area contributed by atoms with E-state index in [-0.39, 0.29) is 0 Å². The van der Waals surface area contributed by atoms with Gasteiger partial charge in [-0.25, -0.2) is 0 Å². The van der Waals surface area contributed by atoms with Gasteiger partial charge >= 0.3 is 0 Å². The van der Waals surface area contributed by atoms with Crippen molar-refractivity contribution in [1.29, 1.82) is 0 Å². The number of allylic oxidation sites excluding steroid dienone is 4. The Labute approximate surface area is 169 Å². The first-order chi connectivity index (χ1) is 12.9. The zero-order valence-corrected chi connectivity index (χ0v) is 18.9. The highest BCUT2D eigenvalue weighted by Gasteiger charge is 2.54. The minimum absolute atomic E-state index is 0.453. The molecule has 0 aliphatic heterocycles. The van der Waals surface area contributed by atoms with Gasteiger partial charge in [-0.3, -0.25) is 0 Å². The Bertz CT molecular complexity index is 620. The van der Waals surface area contributed by atoms with Crippen molar-refractivity contribution in [2.24, 2.45) is 34.5 Å². The molecule has 0 aromatic carbocycles. The van der Waals surface area contributed by atoms with Gasteiger partial charge in [0.1, 0.15) is 0 Å². The Morgan fingerprint density at radius 1 is 1.00 bits per heavy atom. The van der Waals surface area contributed by atoms with Crippen molar-refractivity contribution in [1.82, 2.24) is 0 Å². The van der Waals surface area contributed by atoms with Crippen LogP contribution in [0.1, 0.15) is 112 Å². The van der Waals surface area contributed by atoms with E-state index < -0.39 is 0 Å². The molecule has 0 aromatic heterocycles. The maximum absolute atomic E-state index is 2.69. The summed E-state index contributed by atoms with van der Waals surface area (Å²) in [6.07, 6.45) is 19.8. The molecule has 0 N–H and O–H groups in total. The average molecular weight is 369 g/mol. The summed E-state index contributed by atoms with van der Waals surface area (Å²) in [5.41, 5.74) is 6.71. The molecule has 2 saturated carbocycles. The van der Waals surface area contributed by atoms with Gasteiger partial charge in [-0.2, -0.15) is 0 Å². The molecule has 4 rings (SSSR count). The van der Waals surface area contributed by atoms with Crippen molar-refractivity contribution in [2.75, 3.05) is 0 Å². The molecule has 0 bridgehead atoms. The van der Waals surface area contributed by atoms with Gasteiger partial charge in [0.2, 0.25) is 0 Å². The Morgan fingerprint density at radius 2 is 1.81 bits per heavy atom. The minimum atomic E-state index is 0.453. The number of hydrogen-bond acceptors (Lipinski definition) is 0. The summed E-state index contributed by atoms with van der Waals surface area (Å²) in [6.45, 7) is 12.6. The van der Waals surface area contributed by atoms with E-state index in [0.29, 0.717) is 10.8 Å². The molecule has 0 heteroatoms. The van der Waals surface area contributed by atoms with Crippen molar-refractivity contribution in [3.63, 3.8) is 0 Å². The molecule has 5 unspecified atom stereocenters. The highest BCUT2D eigenvalue weighted by Crippen LogP contribution is 2.64. The van der Waals surface area contributed by atoms with Gasteiger partial charge < -0.3 is 0 Å². The Hall–Kier alpha value is -0.520. The van der Waals surface area contributed by atoms with Crippen molar-refractivity contribution in [3.05, 3.63) is 22.8 Å². The van der Waals surface area contributed by atoms with Crippen LogP contribution >= 0.6 is 0 Å². The number of rotatable bonds is 5. The molecule has 4 aliphatic carbocycles.